The highest BCUT2D eigenvalue weighted by atomic mass is 14.7. The highest BCUT2D eigenvalue weighted by molar-refractivity contribution is 6.15. The van der Waals surface area contributed by atoms with Crippen molar-refractivity contribution in [1.82, 2.24) is 4.98 Å². The van der Waals surface area contributed by atoms with Crippen molar-refractivity contribution in [1.29, 1.82) is 0 Å². The zero-order chi connectivity index (χ0) is 13.8. The van der Waals surface area contributed by atoms with Crippen molar-refractivity contribution in [3.8, 4) is 11.1 Å². The van der Waals surface area contributed by atoms with Crippen molar-refractivity contribution < 1.29 is 0 Å². The van der Waals surface area contributed by atoms with Gasteiger partial charge in [0.15, 0.2) is 0 Å². The molecule has 0 spiro atoms. The topological polar surface area (TPSA) is 15.8 Å². The first-order valence-corrected chi connectivity index (χ1v) is 7.52. The molecule has 0 saturated carbocycles. The molecule has 0 fully saturated rings. The minimum atomic E-state index is 1.11. The van der Waals surface area contributed by atoms with Gasteiger partial charge in [0.05, 0.1) is 0 Å². The van der Waals surface area contributed by atoms with Gasteiger partial charge in [-0.2, -0.15) is 0 Å². The molecule has 0 saturated heterocycles. The molecule has 0 unspecified atom stereocenters. The average molecular weight is 269 g/mol. The fourth-order valence-electron chi connectivity index (χ4n) is 3.75. The SMILES string of the molecule is c1ccc2c(c1)CCc1[nH]c3ccc4ccccc4c3c1-2. The number of benzene rings is 3. The molecule has 0 radical (unpaired) electrons. The Bertz CT molecular complexity index is 991. The third-order valence-corrected chi connectivity index (χ3v) is 4.70. The smallest absolute Gasteiger partial charge is 0.0469 e. The van der Waals surface area contributed by atoms with Gasteiger partial charge in [0.1, 0.15) is 0 Å². The second-order valence-corrected chi connectivity index (χ2v) is 5.84. The number of aromatic nitrogens is 1. The molecule has 0 amide bonds. The van der Waals surface area contributed by atoms with Crippen LogP contribution >= 0.6 is 0 Å². The summed E-state index contributed by atoms with van der Waals surface area (Å²) in [6, 6.07) is 22.0. The van der Waals surface area contributed by atoms with Gasteiger partial charge < -0.3 is 4.98 Å². The molecule has 1 aliphatic rings. The first-order valence-electron chi connectivity index (χ1n) is 7.52. The van der Waals surface area contributed by atoms with E-state index in [0.29, 0.717) is 0 Å². The molecule has 21 heavy (non-hydrogen) atoms. The van der Waals surface area contributed by atoms with E-state index in [-0.39, 0.29) is 0 Å². The Balaban J connectivity index is 2.01. The van der Waals surface area contributed by atoms with Crippen molar-refractivity contribution in [2.24, 2.45) is 0 Å². The number of aryl methyl sites for hydroxylation is 2. The minimum Gasteiger partial charge on any atom is -0.358 e. The van der Waals surface area contributed by atoms with Gasteiger partial charge in [-0.15, -0.1) is 0 Å². The average Bonchev–Trinajstić information content (AvgIpc) is 2.94. The molecule has 1 nitrogen and oxygen atoms in total. The van der Waals surface area contributed by atoms with Crippen LogP contribution in [0.2, 0.25) is 0 Å². The van der Waals surface area contributed by atoms with Crippen LogP contribution in [0.5, 0.6) is 0 Å². The van der Waals surface area contributed by atoms with Crippen molar-refractivity contribution in [2.45, 2.75) is 12.8 Å². The van der Waals surface area contributed by atoms with Gasteiger partial charge in [-0.3, -0.25) is 0 Å². The number of nitrogens with one attached hydrogen (secondary N) is 1. The number of hydrogen-bond donors (Lipinski definition) is 1. The van der Waals surface area contributed by atoms with Crippen LogP contribution in [-0.4, -0.2) is 4.98 Å². The highest BCUT2D eigenvalue weighted by Gasteiger charge is 2.21. The number of rotatable bonds is 0. The van der Waals surface area contributed by atoms with Gasteiger partial charge in [0.2, 0.25) is 0 Å². The Labute approximate surface area is 123 Å². The van der Waals surface area contributed by atoms with E-state index in [0.717, 1.165) is 12.8 Å². The van der Waals surface area contributed by atoms with Gasteiger partial charge >= 0.3 is 0 Å². The van der Waals surface area contributed by atoms with E-state index in [9.17, 15) is 0 Å². The van der Waals surface area contributed by atoms with E-state index in [1.54, 1.807) is 0 Å². The Kier molecular flexibility index (Phi) is 2.12. The maximum atomic E-state index is 3.65. The molecular formula is C20H15N. The highest BCUT2D eigenvalue weighted by Crippen LogP contribution is 2.41. The number of aromatic amines is 1. The second-order valence-electron chi connectivity index (χ2n) is 5.84. The summed E-state index contributed by atoms with van der Waals surface area (Å²) in [6.07, 6.45) is 2.24. The van der Waals surface area contributed by atoms with Crippen LogP contribution in [0.1, 0.15) is 11.3 Å². The van der Waals surface area contributed by atoms with Crippen LogP contribution in [0.3, 0.4) is 0 Å². The van der Waals surface area contributed by atoms with E-state index >= 15 is 0 Å². The molecule has 100 valence electrons. The first-order chi connectivity index (χ1) is 10.4. The Morgan fingerprint density at radius 3 is 2.62 bits per heavy atom. The molecular weight excluding hydrogens is 254 g/mol. The van der Waals surface area contributed by atoms with E-state index in [4.69, 9.17) is 0 Å². The Hall–Kier alpha value is -2.54. The van der Waals surface area contributed by atoms with E-state index < -0.39 is 0 Å². The van der Waals surface area contributed by atoms with Gasteiger partial charge in [0, 0.05) is 22.2 Å². The lowest BCUT2D eigenvalue weighted by atomic mass is 9.87. The van der Waals surface area contributed by atoms with Crippen LogP contribution in [-0.2, 0) is 12.8 Å². The molecule has 1 heteroatoms. The molecule has 1 heterocycles. The summed E-state index contributed by atoms with van der Waals surface area (Å²) in [6.45, 7) is 0. The lowest BCUT2D eigenvalue weighted by Crippen LogP contribution is -2.02. The van der Waals surface area contributed by atoms with E-state index in [1.165, 1.54) is 44.1 Å². The van der Waals surface area contributed by atoms with Crippen LogP contribution in [0.4, 0.5) is 0 Å². The van der Waals surface area contributed by atoms with Gasteiger partial charge in [-0.25, -0.2) is 0 Å². The molecule has 4 aromatic rings. The summed E-state index contributed by atoms with van der Waals surface area (Å²) in [5.41, 5.74) is 6.94. The first kappa shape index (κ1) is 11.2. The maximum Gasteiger partial charge on any atom is 0.0469 e. The van der Waals surface area contributed by atoms with E-state index in [2.05, 4.69) is 65.6 Å². The normalized spacial score (nSPS) is 13.3. The number of H-pyrrole nitrogens is 1. The van der Waals surface area contributed by atoms with Crippen molar-refractivity contribution in [2.75, 3.05) is 0 Å². The largest absolute Gasteiger partial charge is 0.358 e. The zero-order valence-corrected chi connectivity index (χ0v) is 11.7. The lowest BCUT2D eigenvalue weighted by molar-refractivity contribution is 0.914. The number of fused-ring (bicyclic) bond motifs is 7. The zero-order valence-electron chi connectivity index (χ0n) is 11.7. The Morgan fingerprint density at radius 1 is 0.762 bits per heavy atom. The van der Waals surface area contributed by atoms with Gasteiger partial charge in [0.25, 0.3) is 0 Å². The monoisotopic (exact) mass is 269 g/mol. The van der Waals surface area contributed by atoms with Crippen LogP contribution in [0.15, 0.2) is 60.7 Å². The third kappa shape index (κ3) is 1.46. The van der Waals surface area contributed by atoms with Crippen molar-refractivity contribution in [3.05, 3.63) is 71.9 Å². The van der Waals surface area contributed by atoms with Crippen LogP contribution < -0.4 is 0 Å². The summed E-state index contributed by atoms with van der Waals surface area (Å²) < 4.78 is 0. The Morgan fingerprint density at radius 2 is 1.62 bits per heavy atom. The maximum absolute atomic E-state index is 3.65. The fourth-order valence-corrected chi connectivity index (χ4v) is 3.75. The quantitative estimate of drug-likeness (QED) is 0.458. The summed E-state index contributed by atoms with van der Waals surface area (Å²) in [4.78, 5) is 3.65. The summed E-state index contributed by atoms with van der Waals surface area (Å²) in [5, 5.41) is 4.05. The molecule has 1 N–H and O–H groups in total. The molecule has 1 aliphatic carbocycles. The van der Waals surface area contributed by atoms with Crippen LogP contribution in [0, 0.1) is 0 Å². The summed E-state index contributed by atoms with van der Waals surface area (Å²) in [5.74, 6) is 0. The second kappa shape index (κ2) is 3.98. The third-order valence-electron chi connectivity index (χ3n) is 4.70. The molecule has 0 atom stereocenters. The van der Waals surface area contributed by atoms with Gasteiger partial charge in [-0.05, 0) is 40.8 Å². The molecule has 5 rings (SSSR count). The predicted molar refractivity (Wildman–Crippen MR) is 88.6 cm³/mol. The van der Waals surface area contributed by atoms with E-state index in [1.807, 2.05) is 0 Å². The number of hydrogen-bond acceptors (Lipinski definition) is 0. The lowest BCUT2D eigenvalue weighted by Gasteiger charge is -2.16. The molecule has 0 aliphatic heterocycles. The van der Waals surface area contributed by atoms with Crippen LogP contribution in [0.25, 0.3) is 32.8 Å². The fraction of sp³-hybridized carbons (Fsp3) is 0.100. The van der Waals surface area contributed by atoms with Crippen molar-refractivity contribution >= 4 is 21.7 Å². The molecule has 3 aromatic carbocycles. The summed E-state index contributed by atoms with van der Waals surface area (Å²) >= 11 is 0. The molecule has 1 aromatic heterocycles. The standard InChI is InChI=1S/C20H15N/c1-3-7-15-13(5-1)9-11-17-19(15)20-16-8-4-2-6-14(16)10-12-18(20)21-17/h1-9,11,21H,10,12H2. The van der Waals surface area contributed by atoms with Gasteiger partial charge in [-0.1, -0.05) is 54.6 Å². The summed E-state index contributed by atoms with van der Waals surface area (Å²) in [7, 11) is 0. The predicted octanol–water partition coefficient (Wildman–Crippen LogP) is 5.09. The van der Waals surface area contributed by atoms with Crippen molar-refractivity contribution in [3.63, 3.8) is 0 Å². The molecule has 0 bridgehead atoms. The minimum absolute atomic E-state index is 1.11.